The van der Waals surface area contributed by atoms with Crippen molar-refractivity contribution in [1.82, 2.24) is 4.90 Å². The number of carbonyl (C=O) groups excluding carboxylic acids is 1. The van der Waals surface area contributed by atoms with Crippen LogP contribution in [0.5, 0.6) is 11.5 Å². The van der Waals surface area contributed by atoms with Crippen molar-refractivity contribution in [2.75, 3.05) is 13.7 Å². The molecule has 0 aromatic heterocycles. The van der Waals surface area contributed by atoms with Gasteiger partial charge in [-0.2, -0.15) is 22.0 Å². The van der Waals surface area contributed by atoms with Crippen LogP contribution in [0.2, 0.25) is 0 Å². The Morgan fingerprint density at radius 1 is 1.07 bits per heavy atom. The number of halogens is 5. The molecule has 0 heterocycles. The van der Waals surface area contributed by atoms with Crippen molar-refractivity contribution in [1.29, 1.82) is 0 Å². The molecular formula is C20H20F5NO3. The summed E-state index contributed by atoms with van der Waals surface area (Å²) in [5, 5.41) is 0. The molecule has 29 heavy (non-hydrogen) atoms. The van der Waals surface area contributed by atoms with Crippen LogP contribution in [-0.4, -0.2) is 31.1 Å². The van der Waals surface area contributed by atoms with Gasteiger partial charge in [-0.05, 0) is 36.2 Å². The number of hydrogen-bond acceptors (Lipinski definition) is 3. The first kappa shape index (κ1) is 22.4. The van der Waals surface area contributed by atoms with E-state index in [0.717, 1.165) is 12.1 Å². The molecule has 0 saturated carbocycles. The van der Waals surface area contributed by atoms with Crippen LogP contribution in [0, 0.1) is 0 Å². The van der Waals surface area contributed by atoms with Crippen LogP contribution in [0.4, 0.5) is 22.0 Å². The molecule has 0 N–H and O–H groups in total. The van der Waals surface area contributed by atoms with Gasteiger partial charge in [0.05, 0.1) is 18.6 Å². The van der Waals surface area contributed by atoms with Crippen LogP contribution in [0.1, 0.15) is 23.6 Å². The molecule has 0 atom stereocenters. The van der Waals surface area contributed by atoms with E-state index in [1.807, 2.05) is 0 Å². The SMILES string of the molecule is CCOc1cc(CN(C)C(=O)Cc2cccc(C(F)(F)F)c2)ccc1OC(F)F. The topological polar surface area (TPSA) is 38.8 Å². The van der Waals surface area contributed by atoms with Gasteiger partial charge in [0, 0.05) is 13.6 Å². The minimum Gasteiger partial charge on any atom is -0.490 e. The normalized spacial score (nSPS) is 11.4. The number of rotatable bonds is 8. The van der Waals surface area contributed by atoms with Crippen LogP contribution in [0.3, 0.4) is 0 Å². The second-order valence-electron chi connectivity index (χ2n) is 6.22. The molecule has 0 spiro atoms. The van der Waals surface area contributed by atoms with Gasteiger partial charge in [0.25, 0.3) is 0 Å². The highest BCUT2D eigenvalue weighted by Crippen LogP contribution is 2.31. The average Bonchev–Trinajstić information content (AvgIpc) is 2.63. The Hall–Kier alpha value is -2.84. The predicted octanol–water partition coefficient (Wildman–Crippen LogP) is 4.91. The van der Waals surface area contributed by atoms with Crippen LogP contribution >= 0.6 is 0 Å². The first-order valence-corrected chi connectivity index (χ1v) is 8.70. The Bertz CT molecular complexity index is 839. The molecule has 0 radical (unpaired) electrons. The smallest absolute Gasteiger partial charge is 0.416 e. The lowest BCUT2D eigenvalue weighted by Gasteiger charge is -2.19. The van der Waals surface area contributed by atoms with E-state index >= 15 is 0 Å². The first-order chi connectivity index (χ1) is 13.6. The quantitative estimate of drug-likeness (QED) is 0.573. The van der Waals surface area contributed by atoms with Gasteiger partial charge in [-0.1, -0.05) is 24.3 Å². The first-order valence-electron chi connectivity index (χ1n) is 8.70. The lowest BCUT2D eigenvalue weighted by Crippen LogP contribution is -2.27. The summed E-state index contributed by atoms with van der Waals surface area (Å²) < 4.78 is 73.0. The molecular weight excluding hydrogens is 397 g/mol. The summed E-state index contributed by atoms with van der Waals surface area (Å²) in [5.41, 5.74) is 0.0174. The Kier molecular flexibility index (Phi) is 7.41. The number of hydrogen-bond donors (Lipinski definition) is 0. The molecule has 9 heteroatoms. The van der Waals surface area contributed by atoms with Gasteiger partial charge >= 0.3 is 12.8 Å². The predicted molar refractivity (Wildman–Crippen MR) is 95.9 cm³/mol. The Morgan fingerprint density at radius 2 is 1.79 bits per heavy atom. The fraction of sp³-hybridized carbons (Fsp3) is 0.350. The summed E-state index contributed by atoms with van der Waals surface area (Å²) in [4.78, 5) is 13.7. The second-order valence-corrected chi connectivity index (χ2v) is 6.22. The molecule has 158 valence electrons. The van der Waals surface area contributed by atoms with E-state index < -0.39 is 24.3 Å². The zero-order valence-electron chi connectivity index (χ0n) is 15.8. The van der Waals surface area contributed by atoms with E-state index in [4.69, 9.17) is 4.74 Å². The molecule has 4 nitrogen and oxygen atoms in total. The van der Waals surface area contributed by atoms with Crippen molar-refractivity contribution in [2.24, 2.45) is 0 Å². The average molecular weight is 417 g/mol. The van der Waals surface area contributed by atoms with Crippen molar-refractivity contribution in [3.05, 3.63) is 59.2 Å². The minimum atomic E-state index is -4.48. The van der Waals surface area contributed by atoms with E-state index in [0.29, 0.717) is 5.56 Å². The van der Waals surface area contributed by atoms with Gasteiger partial charge < -0.3 is 14.4 Å². The standard InChI is InChI=1S/C20H20F5NO3/c1-3-28-17-10-14(7-8-16(17)29-19(21)22)12-26(2)18(27)11-13-5-4-6-15(9-13)20(23,24)25/h4-10,19H,3,11-12H2,1-2H3. The zero-order valence-corrected chi connectivity index (χ0v) is 15.8. The van der Waals surface area contributed by atoms with Crippen molar-refractivity contribution < 1.29 is 36.2 Å². The third kappa shape index (κ3) is 6.62. The van der Waals surface area contributed by atoms with Crippen molar-refractivity contribution in [3.8, 4) is 11.5 Å². The summed E-state index contributed by atoms with van der Waals surface area (Å²) in [7, 11) is 1.50. The number of amides is 1. The van der Waals surface area contributed by atoms with Crippen LogP contribution in [0.25, 0.3) is 0 Å². The van der Waals surface area contributed by atoms with Gasteiger partial charge in [0.15, 0.2) is 11.5 Å². The number of alkyl halides is 5. The van der Waals surface area contributed by atoms with Crippen LogP contribution < -0.4 is 9.47 Å². The number of nitrogens with zero attached hydrogens (tertiary/aromatic N) is 1. The summed E-state index contributed by atoms with van der Waals surface area (Å²) >= 11 is 0. The van der Waals surface area contributed by atoms with Crippen LogP contribution in [-0.2, 0) is 23.9 Å². The Labute approximate surface area is 164 Å². The van der Waals surface area contributed by atoms with Gasteiger partial charge in [-0.3, -0.25) is 4.79 Å². The molecule has 0 saturated heterocycles. The Balaban J connectivity index is 2.08. The summed E-state index contributed by atoms with van der Waals surface area (Å²) in [5.74, 6) is -0.400. The highest BCUT2D eigenvalue weighted by Gasteiger charge is 2.30. The Morgan fingerprint density at radius 3 is 2.41 bits per heavy atom. The largest absolute Gasteiger partial charge is 0.490 e. The van der Waals surface area contributed by atoms with E-state index in [2.05, 4.69) is 4.74 Å². The van der Waals surface area contributed by atoms with E-state index in [-0.39, 0.29) is 36.6 Å². The highest BCUT2D eigenvalue weighted by molar-refractivity contribution is 5.78. The summed E-state index contributed by atoms with van der Waals surface area (Å²) in [6, 6.07) is 8.89. The maximum atomic E-state index is 12.8. The van der Waals surface area contributed by atoms with Gasteiger partial charge in [0.1, 0.15) is 0 Å². The summed E-state index contributed by atoms with van der Waals surface area (Å²) in [6.45, 7) is -0.972. The fourth-order valence-corrected chi connectivity index (χ4v) is 2.64. The zero-order chi connectivity index (χ0) is 21.6. The van der Waals surface area contributed by atoms with Crippen LogP contribution in [0.15, 0.2) is 42.5 Å². The lowest BCUT2D eigenvalue weighted by atomic mass is 10.1. The monoisotopic (exact) mass is 417 g/mol. The maximum Gasteiger partial charge on any atom is 0.416 e. The van der Waals surface area contributed by atoms with E-state index in [9.17, 15) is 26.7 Å². The van der Waals surface area contributed by atoms with Crippen molar-refractivity contribution in [3.63, 3.8) is 0 Å². The van der Waals surface area contributed by atoms with Gasteiger partial charge in [0.2, 0.25) is 5.91 Å². The lowest BCUT2D eigenvalue weighted by molar-refractivity contribution is -0.138. The molecule has 1 amide bonds. The fourth-order valence-electron chi connectivity index (χ4n) is 2.64. The molecule has 2 aromatic rings. The van der Waals surface area contributed by atoms with Gasteiger partial charge in [-0.15, -0.1) is 0 Å². The van der Waals surface area contributed by atoms with E-state index in [1.54, 1.807) is 6.92 Å². The highest BCUT2D eigenvalue weighted by atomic mass is 19.4. The number of benzene rings is 2. The molecule has 0 aliphatic rings. The maximum absolute atomic E-state index is 12.8. The third-order valence-corrected chi connectivity index (χ3v) is 3.98. The molecule has 0 unspecified atom stereocenters. The molecule has 0 bridgehead atoms. The molecule has 0 aliphatic heterocycles. The summed E-state index contributed by atoms with van der Waals surface area (Å²) in [6.07, 6.45) is -4.69. The number of ether oxygens (including phenoxy) is 2. The second kappa shape index (κ2) is 9.58. The minimum absolute atomic E-state index is 0.115. The molecule has 0 aliphatic carbocycles. The number of likely N-dealkylation sites (N-methyl/N-ethyl adjacent to an activating group) is 1. The molecule has 2 aromatic carbocycles. The molecule has 0 fully saturated rings. The van der Waals surface area contributed by atoms with Gasteiger partial charge in [-0.25, -0.2) is 0 Å². The molecule has 2 rings (SSSR count). The number of carbonyl (C=O) groups is 1. The van der Waals surface area contributed by atoms with Crippen molar-refractivity contribution in [2.45, 2.75) is 32.7 Å². The third-order valence-electron chi connectivity index (χ3n) is 3.98. The van der Waals surface area contributed by atoms with E-state index in [1.165, 1.54) is 42.3 Å². The van der Waals surface area contributed by atoms with Crippen molar-refractivity contribution >= 4 is 5.91 Å².